The van der Waals surface area contributed by atoms with Gasteiger partial charge in [-0.25, -0.2) is 13.6 Å². The van der Waals surface area contributed by atoms with Crippen LogP contribution in [-0.2, 0) is 4.79 Å². The fourth-order valence-corrected chi connectivity index (χ4v) is 2.71. The van der Waals surface area contributed by atoms with Gasteiger partial charge in [0.1, 0.15) is 23.0 Å². The van der Waals surface area contributed by atoms with Crippen LogP contribution in [0.2, 0.25) is 0 Å². The molecule has 1 aromatic rings. The third-order valence-electron chi connectivity index (χ3n) is 3.95. The Balaban J connectivity index is 1.90. The van der Waals surface area contributed by atoms with Gasteiger partial charge in [-0.1, -0.05) is 0 Å². The number of nitrogens with zero attached hydrogens (tertiary/aromatic N) is 1. The maximum absolute atomic E-state index is 13.2. The van der Waals surface area contributed by atoms with Crippen LogP contribution >= 0.6 is 0 Å². The first kappa shape index (κ1) is 19.0. The highest BCUT2D eigenvalue weighted by Crippen LogP contribution is 2.21. The Labute approximate surface area is 144 Å². The lowest BCUT2D eigenvalue weighted by molar-refractivity contribution is -0.143. The molecule has 1 unspecified atom stereocenters. The Hall–Kier alpha value is -2.38. The first-order valence-electron chi connectivity index (χ1n) is 8.07. The summed E-state index contributed by atoms with van der Waals surface area (Å²) in [6, 6.07) is 2.49. The minimum absolute atomic E-state index is 0.0284. The van der Waals surface area contributed by atoms with E-state index in [2.05, 4.69) is 5.32 Å². The van der Waals surface area contributed by atoms with Crippen LogP contribution in [-0.4, -0.2) is 47.2 Å². The van der Waals surface area contributed by atoms with E-state index in [1.807, 2.05) is 0 Å². The lowest BCUT2D eigenvalue weighted by Gasteiger charge is -2.32. The van der Waals surface area contributed by atoms with E-state index in [0.29, 0.717) is 19.4 Å². The first-order valence-corrected chi connectivity index (χ1v) is 8.07. The van der Waals surface area contributed by atoms with Gasteiger partial charge < -0.3 is 20.1 Å². The van der Waals surface area contributed by atoms with Crippen LogP contribution < -0.4 is 10.1 Å². The Morgan fingerprint density at radius 1 is 1.32 bits per heavy atom. The summed E-state index contributed by atoms with van der Waals surface area (Å²) in [5.41, 5.74) is -0.905. The molecular formula is C17H22F2N2O4. The van der Waals surface area contributed by atoms with Gasteiger partial charge in [-0.2, -0.15) is 0 Å². The van der Waals surface area contributed by atoms with Crippen LogP contribution in [0.5, 0.6) is 5.75 Å². The minimum Gasteiger partial charge on any atom is -0.486 e. The van der Waals surface area contributed by atoms with Crippen molar-refractivity contribution < 1.29 is 28.2 Å². The Bertz CT molecular complexity index is 631. The number of carboxylic acids is 1. The van der Waals surface area contributed by atoms with Crippen molar-refractivity contribution in [3.05, 3.63) is 29.8 Å². The highest BCUT2D eigenvalue weighted by molar-refractivity contribution is 5.76. The summed E-state index contributed by atoms with van der Waals surface area (Å²) < 4.78 is 32.0. The number of carbonyl (C=O) groups excluding carboxylic acids is 1. The Morgan fingerprint density at radius 3 is 2.56 bits per heavy atom. The molecule has 0 bridgehead atoms. The number of ether oxygens (including phenoxy) is 1. The van der Waals surface area contributed by atoms with Gasteiger partial charge in [-0.05, 0) is 26.7 Å². The number of benzene rings is 1. The normalized spacial score (nSPS) is 17.9. The number of hydrogen-bond donors (Lipinski definition) is 2. The second kappa shape index (κ2) is 7.67. The van der Waals surface area contributed by atoms with Crippen molar-refractivity contribution in [3.8, 4) is 5.75 Å². The quantitative estimate of drug-likeness (QED) is 0.850. The number of rotatable bonds is 5. The lowest BCUT2D eigenvalue weighted by atomic mass is 9.99. The standard InChI is InChI=1S/C17H22F2N2O4/c1-17(2,25-14-7-12(18)6-13(19)8-14)10-20-16(24)21-5-3-4-11(9-21)15(22)23/h6-8,11H,3-5,9-10H2,1-2H3,(H,20,24)(H,22,23). The molecule has 1 aliphatic heterocycles. The van der Waals surface area contributed by atoms with Gasteiger partial charge in [0, 0.05) is 31.3 Å². The largest absolute Gasteiger partial charge is 0.486 e. The first-order chi connectivity index (χ1) is 11.7. The van der Waals surface area contributed by atoms with Crippen LogP contribution in [0.3, 0.4) is 0 Å². The van der Waals surface area contributed by atoms with E-state index < -0.39 is 29.1 Å². The number of nitrogens with one attached hydrogen (secondary N) is 1. The molecule has 25 heavy (non-hydrogen) atoms. The molecule has 1 atom stereocenters. The zero-order valence-electron chi connectivity index (χ0n) is 14.2. The molecule has 0 aromatic heterocycles. The SMILES string of the molecule is CC(C)(CNC(=O)N1CCCC(C(=O)O)C1)Oc1cc(F)cc(F)c1. The molecule has 1 saturated heterocycles. The average Bonchev–Trinajstić information content (AvgIpc) is 2.51. The molecule has 1 heterocycles. The fourth-order valence-electron chi connectivity index (χ4n) is 2.71. The maximum atomic E-state index is 13.2. The zero-order valence-corrected chi connectivity index (χ0v) is 14.2. The molecule has 0 spiro atoms. The summed E-state index contributed by atoms with van der Waals surface area (Å²) >= 11 is 0. The predicted molar refractivity (Wildman–Crippen MR) is 86.4 cm³/mol. The van der Waals surface area contributed by atoms with Crippen molar-refractivity contribution >= 4 is 12.0 Å². The van der Waals surface area contributed by atoms with Crippen LogP contribution in [0.4, 0.5) is 13.6 Å². The Kier molecular flexibility index (Phi) is 5.81. The van der Waals surface area contributed by atoms with Gasteiger partial charge in [0.25, 0.3) is 0 Å². The monoisotopic (exact) mass is 356 g/mol. The third kappa shape index (κ3) is 5.58. The van der Waals surface area contributed by atoms with E-state index in [-0.39, 0.29) is 24.9 Å². The molecule has 0 radical (unpaired) electrons. The van der Waals surface area contributed by atoms with Crippen molar-refractivity contribution in [2.24, 2.45) is 5.92 Å². The number of likely N-dealkylation sites (tertiary alicyclic amines) is 1. The van der Waals surface area contributed by atoms with Crippen LogP contribution in [0.1, 0.15) is 26.7 Å². The zero-order chi connectivity index (χ0) is 18.6. The minimum atomic E-state index is -0.908. The van der Waals surface area contributed by atoms with Gasteiger partial charge in [-0.15, -0.1) is 0 Å². The molecule has 0 aliphatic carbocycles. The number of piperidine rings is 1. The molecule has 2 N–H and O–H groups in total. The summed E-state index contributed by atoms with van der Waals surface area (Å²) in [6.07, 6.45) is 1.19. The lowest BCUT2D eigenvalue weighted by Crippen LogP contribution is -2.51. The highest BCUT2D eigenvalue weighted by atomic mass is 19.1. The molecule has 138 valence electrons. The van der Waals surface area contributed by atoms with Gasteiger partial charge in [-0.3, -0.25) is 4.79 Å². The van der Waals surface area contributed by atoms with Crippen molar-refractivity contribution in [2.75, 3.05) is 19.6 Å². The number of halogens is 2. The molecule has 8 heteroatoms. The number of urea groups is 1. The van der Waals surface area contributed by atoms with Crippen molar-refractivity contribution in [1.82, 2.24) is 10.2 Å². The number of amides is 2. The second-order valence-corrected chi connectivity index (χ2v) is 6.75. The maximum Gasteiger partial charge on any atom is 0.317 e. The molecule has 1 aliphatic rings. The van der Waals surface area contributed by atoms with Crippen LogP contribution in [0.15, 0.2) is 18.2 Å². The molecule has 1 fully saturated rings. The smallest absolute Gasteiger partial charge is 0.317 e. The number of aliphatic carboxylic acids is 1. The number of carbonyl (C=O) groups is 2. The van der Waals surface area contributed by atoms with E-state index in [0.717, 1.165) is 18.2 Å². The van der Waals surface area contributed by atoms with Gasteiger partial charge in [0.05, 0.1) is 12.5 Å². The molecular weight excluding hydrogens is 334 g/mol. The van der Waals surface area contributed by atoms with Crippen molar-refractivity contribution in [2.45, 2.75) is 32.3 Å². The van der Waals surface area contributed by atoms with E-state index in [4.69, 9.17) is 9.84 Å². The van der Waals surface area contributed by atoms with Gasteiger partial charge >= 0.3 is 12.0 Å². The van der Waals surface area contributed by atoms with Crippen molar-refractivity contribution in [3.63, 3.8) is 0 Å². The molecule has 1 aromatic carbocycles. The topological polar surface area (TPSA) is 78.9 Å². The van der Waals surface area contributed by atoms with Crippen LogP contribution in [0, 0.1) is 17.6 Å². The van der Waals surface area contributed by atoms with Crippen molar-refractivity contribution in [1.29, 1.82) is 0 Å². The molecule has 2 rings (SSSR count). The molecule has 2 amide bonds. The van der Waals surface area contributed by atoms with E-state index >= 15 is 0 Å². The summed E-state index contributed by atoms with van der Waals surface area (Å²) in [5.74, 6) is -2.93. The summed E-state index contributed by atoms with van der Waals surface area (Å²) in [7, 11) is 0. The summed E-state index contributed by atoms with van der Waals surface area (Å²) in [5, 5.41) is 11.7. The van der Waals surface area contributed by atoms with E-state index in [9.17, 15) is 18.4 Å². The summed E-state index contributed by atoms with van der Waals surface area (Å²) in [6.45, 7) is 4.10. The summed E-state index contributed by atoms with van der Waals surface area (Å²) in [4.78, 5) is 24.7. The molecule has 6 nitrogen and oxygen atoms in total. The average molecular weight is 356 g/mol. The second-order valence-electron chi connectivity index (χ2n) is 6.75. The predicted octanol–water partition coefficient (Wildman–Crippen LogP) is 2.63. The number of hydrogen-bond acceptors (Lipinski definition) is 3. The van der Waals surface area contributed by atoms with Crippen LogP contribution in [0.25, 0.3) is 0 Å². The Morgan fingerprint density at radius 2 is 1.96 bits per heavy atom. The van der Waals surface area contributed by atoms with Gasteiger partial charge in [0.2, 0.25) is 0 Å². The number of carboxylic acid groups (broad SMARTS) is 1. The van der Waals surface area contributed by atoms with E-state index in [1.54, 1.807) is 13.8 Å². The highest BCUT2D eigenvalue weighted by Gasteiger charge is 2.29. The third-order valence-corrected chi connectivity index (χ3v) is 3.95. The van der Waals surface area contributed by atoms with E-state index in [1.165, 1.54) is 4.90 Å². The fraction of sp³-hybridized carbons (Fsp3) is 0.529. The molecule has 0 saturated carbocycles. The van der Waals surface area contributed by atoms with Gasteiger partial charge in [0.15, 0.2) is 0 Å².